The zero-order valence-corrected chi connectivity index (χ0v) is 14.5. The Hall–Kier alpha value is -3.35. The van der Waals surface area contributed by atoms with Gasteiger partial charge in [-0.05, 0) is 30.2 Å². The molecule has 7 heteroatoms. The Morgan fingerprint density at radius 2 is 2.00 bits per heavy atom. The number of carbonyl (C=O) groups is 1. The Labute approximate surface area is 150 Å². The van der Waals surface area contributed by atoms with Crippen LogP contribution in [0.3, 0.4) is 0 Å². The number of pyridine rings is 2. The zero-order chi connectivity index (χ0) is 18.5. The summed E-state index contributed by atoms with van der Waals surface area (Å²) >= 11 is 0. The normalized spacial score (nSPS) is 12.0. The first-order chi connectivity index (χ1) is 12.5. The predicted octanol–water partition coefficient (Wildman–Crippen LogP) is 2.35. The average Bonchev–Trinajstić information content (AvgIpc) is 2.66. The van der Waals surface area contributed by atoms with Crippen molar-refractivity contribution in [3.63, 3.8) is 0 Å². The first-order valence-electron chi connectivity index (χ1n) is 8.28. The van der Waals surface area contributed by atoms with Crippen molar-refractivity contribution < 1.29 is 4.79 Å². The molecule has 1 atom stereocenters. The van der Waals surface area contributed by atoms with Gasteiger partial charge in [-0.25, -0.2) is 4.98 Å². The highest BCUT2D eigenvalue weighted by atomic mass is 16.1. The Morgan fingerprint density at radius 1 is 1.15 bits per heavy atom. The van der Waals surface area contributed by atoms with E-state index in [1.165, 1.54) is 12.3 Å². The average molecular weight is 349 g/mol. The third-order valence-corrected chi connectivity index (χ3v) is 3.86. The van der Waals surface area contributed by atoms with E-state index in [-0.39, 0.29) is 17.4 Å². The minimum absolute atomic E-state index is 0.0292. The summed E-state index contributed by atoms with van der Waals surface area (Å²) < 4.78 is 0. The summed E-state index contributed by atoms with van der Waals surface area (Å²) in [5, 5.41) is 2.94. The van der Waals surface area contributed by atoms with Crippen LogP contribution in [0.2, 0.25) is 0 Å². The third-order valence-electron chi connectivity index (χ3n) is 3.86. The van der Waals surface area contributed by atoms with E-state index >= 15 is 0 Å². The minimum Gasteiger partial charge on any atom is -0.343 e. The van der Waals surface area contributed by atoms with Crippen molar-refractivity contribution in [2.45, 2.75) is 19.9 Å². The second-order valence-electron chi connectivity index (χ2n) is 6.17. The molecule has 0 saturated heterocycles. The van der Waals surface area contributed by atoms with Crippen LogP contribution in [0.15, 0.2) is 59.8 Å². The van der Waals surface area contributed by atoms with Crippen molar-refractivity contribution in [1.82, 2.24) is 25.3 Å². The molecular weight excluding hydrogens is 330 g/mol. The number of aromatic amines is 1. The molecule has 0 fully saturated rings. The molecule has 2 N–H and O–H groups in total. The number of rotatable bonds is 5. The molecule has 0 aliphatic rings. The number of nitrogens with zero attached hydrogens (tertiary/aromatic N) is 3. The molecule has 1 amide bonds. The molecule has 0 spiro atoms. The molecule has 3 aromatic heterocycles. The van der Waals surface area contributed by atoms with Gasteiger partial charge in [-0.15, -0.1) is 0 Å². The molecule has 7 nitrogen and oxygen atoms in total. The quantitative estimate of drug-likeness (QED) is 0.736. The van der Waals surface area contributed by atoms with Gasteiger partial charge in [-0.3, -0.25) is 19.6 Å². The number of aromatic nitrogens is 4. The second kappa shape index (κ2) is 7.69. The molecule has 0 aliphatic carbocycles. The van der Waals surface area contributed by atoms with Gasteiger partial charge in [0, 0.05) is 24.7 Å². The Morgan fingerprint density at radius 3 is 2.65 bits per heavy atom. The molecule has 3 rings (SSSR count). The van der Waals surface area contributed by atoms with Crippen LogP contribution in [0.5, 0.6) is 0 Å². The number of carbonyl (C=O) groups excluding carboxylic acids is 1. The van der Waals surface area contributed by atoms with Crippen molar-refractivity contribution in [1.29, 1.82) is 0 Å². The molecule has 0 aliphatic heterocycles. The molecule has 3 heterocycles. The maximum Gasteiger partial charge on any atom is 0.253 e. The largest absolute Gasteiger partial charge is 0.343 e. The number of amides is 1. The predicted molar refractivity (Wildman–Crippen MR) is 97.4 cm³/mol. The second-order valence-corrected chi connectivity index (χ2v) is 6.17. The molecule has 0 radical (unpaired) electrons. The highest BCUT2D eigenvalue weighted by Gasteiger charge is 2.22. The number of H-pyrrole nitrogens is 1. The molecule has 1 unspecified atom stereocenters. The molecule has 0 saturated carbocycles. The highest BCUT2D eigenvalue weighted by Crippen LogP contribution is 2.21. The van der Waals surface area contributed by atoms with Crippen molar-refractivity contribution >= 4 is 5.91 Å². The SMILES string of the molecule is CC(C)C(NC(=O)c1cccnc1)c1cc(=O)[nH]c(-c2ccccn2)n1. The van der Waals surface area contributed by atoms with E-state index in [1.807, 2.05) is 19.9 Å². The van der Waals surface area contributed by atoms with Gasteiger partial charge in [-0.2, -0.15) is 0 Å². The molecule has 0 bridgehead atoms. The maximum atomic E-state index is 12.5. The van der Waals surface area contributed by atoms with Crippen LogP contribution in [-0.2, 0) is 0 Å². The van der Waals surface area contributed by atoms with Crippen molar-refractivity contribution in [2.24, 2.45) is 5.92 Å². The van der Waals surface area contributed by atoms with Crippen molar-refractivity contribution in [3.05, 3.63) is 76.6 Å². The number of hydrogen-bond donors (Lipinski definition) is 2. The summed E-state index contributed by atoms with van der Waals surface area (Å²) in [5.41, 5.74) is 1.21. The fourth-order valence-electron chi connectivity index (χ4n) is 2.56. The molecular formula is C19H19N5O2. The van der Waals surface area contributed by atoms with Crippen LogP contribution in [0.1, 0.15) is 35.9 Å². The van der Waals surface area contributed by atoms with Gasteiger partial charge in [0.15, 0.2) is 5.82 Å². The summed E-state index contributed by atoms with van der Waals surface area (Å²) in [6.07, 6.45) is 4.73. The van der Waals surface area contributed by atoms with E-state index in [4.69, 9.17) is 0 Å². The summed E-state index contributed by atoms with van der Waals surface area (Å²) in [4.78, 5) is 40.0. The lowest BCUT2D eigenvalue weighted by Gasteiger charge is -2.22. The zero-order valence-electron chi connectivity index (χ0n) is 14.5. The van der Waals surface area contributed by atoms with Gasteiger partial charge in [0.25, 0.3) is 11.5 Å². The first kappa shape index (κ1) is 17.5. The van der Waals surface area contributed by atoms with Crippen molar-refractivity contribution in [3.8, 4) is 11.5 Å². The summed E-state index contributed by atoms with van der Waals surface area (Å²) in [5.74, 6) is 0.133. The Balaban J connectivity index is 1.95. The van der Waals surface area contributed by atoms with E-state index in [2.05, 4.69) is 25.3 Å². The minimum atomic E-state index is -0.424. The van der Waals surface area contributed by atoms with Gasteiger partial charge < -0.3 is 10.3 Å². The maximum absolute atomic E-state index is 12.5. The van der Waals surface area contributed by atoms with Gasteiger partial charge in [0.1, 0.15) is 5.69 Å². The lowest BCUT2D eigenvalue weighted by atomic mass is 10.00. The lowest BCUT2D eigenvalue weighted by molar-refractivity contribution is 0.0924. The van der Waals surface area contributed by atoms with Gasteiger partial charge >= 0.3 is 0 Å². The van der Waals surface area contributed by atoms with Crippen LogP contribution in [0, 0.1) is 5.92 Å². The van der Waals surface area contributed by atoms with Crippen LogP contribution in [0.4, 0.5) is 0 Å². The van der Waals surface area contributed by atoms with Crippen molar-refractivity contribution in [2.75, 3.05) is 0 Å². The standard InChI is InChI=1S/C19H19N5O2/c1-12(2)17(24-19(26)13-6-5-8-20-11-13)15-10-16(25)23-18(22-15)14-7-3-4-9-21-14/h3-12,17H,1-2H3,(H,24,26)(H,22,23,25). The highest BCUT2D eigenvalue weighted by molar-refractivity contribution is 5.94. The van der Waals surface area contributed by atoms with Gasteiger partial charge in [0.2, 0.25) is 0 Å². The van der Waals surface area contributed by atoms with E-state index < -0.39 is 6.04 Å². The topological polar surface area (TPSA) is 101 Å². The Bertz CT molecular complexity index is 939. The summed E-state index contributed by atoms with van der Waals surface area (Å²) in [6.45, 7) is 3.91. The summed E-state index contributed by atoms with van der Waals surface area (Å²) in [7, 11) is 0. The molecule has 26 heavy (non-hydrogen) atoms. The van der Waals surface area contributed by atoms with Crippen LogP contribution in [-0.4, -0.2) is 25.8 Å². The third kappa shape index (κ3) is 4.00. The van der Waals surface area contributed by atoms with Crippen LogP contribution >= 0.6 is 0 Å². The van der Waals surface area contributed by atoms with E-state index in [0.717, 1.165) is 0 Å². The van der Waals surface area contributed by atoms with Crippen LogP contribution in [0.25, 0.3) is 11.5 Å². The fourth-order valence-corrected chi connectivity index (χ4v) is 2.56. The van der Waals surface area contributed by atoms with E-state index in [0.29, 0.717) is 22.8 Å². The van der Waals surface area contributed by atoms with E-state index in [9.17, 15) is 9.59 Å². The fraction of sp³-hybridized carbons (Fsp3) is 0.211. The molecule has 3 aromatic rings. The summed E-state index contributed by atoms with van der Waals surface area (Å²) in [6, 6.07) is 9.73. The smallest absolute Gasteiger partial charge is 0.253 e. The van der Waals surface area contributed by atoms with E-state index in [1.54, 1.807) is 36.7 Å². The number of nitrogens with one attached hydrogen (secondary N) is 2. The molecule has 132 valence electrons. The Kier molecular flexibility index (Phi) is 5.17. The van der Waals surface area contributed by atoms with Crippen LogP contribution < -0.4 is 10.9 Å². The van der Waals surface area contributed by atoms with Gasteiger partial charge in [0.05, 0.1) is 17.3 Å². The molecule has 0 aromatic carbocycles. The lowest BCUT2D eigenvalue weighted by Crippen LogP contribution is -2.33. The monoisotopic (exact) mass is 349 g/mol. The van der Waals surface area contributed by atoms with Gasteiger partial charge in [-0.1, -0.05) is 19.9 Å². The number of hydrogen-bond acceptors (Lipinski definition) is 5. The first-order valence-corrected chi connectivity index (χ1v) is 8.28.